The summed E-state index contributed by atoms with van der Waals surface area (Å²) in [7, 11) is 0. The minimum atomic E-state index is -0.0153. The molecule has 5 heteroatoms. The van der Waals surface area contributed by atoms with Gasteiger partial charge in [-0.1, -0.05) is 13.8 Å². The maximum atomic E-state index is 11.7. The molecule has 0 N–H and O–H groups in total. The van der Waals surface area contributed by atoms with Crippen molar-refractivity contribution in [2.45, 2.75) is 20.3 Å². The van der Waals surface area contributed by atoms with Crippen molar-refractivity contribution in [2.75, 3.05) is 5.01 Å². The number of carbonyl (C=O) groups excluding carboxylic acids is 1. The molecule has 0 atom stereocenters. The molecule has 84 valence electrons. The number of pyridine rings is 1. The van der Waals surface area contributed by atoms with Gasteiger partial charge in [0.05, 0.1) is 12.1 Å². The molecule has 1 aliphatic heterocycles. The topological polar surface area (TPSA) is 45.6 Å². The monoisotopic (exact) mass is 281 g/mol. The Kier molecular flexibility index (Phi) is 3.05. The van der Waals surface area contributed by atoms with Crippen LogP contribution in [0.4, 0.5) is 5.82 Å². The molecule has 0 spiro atoms. The molecule has 0 aliphatic carbocycles. The lowest BCUT2D eigenvalue weighted by molar-refractivity contribution is -0.117. The number of nitrogens with zero attached hydrogens (tertiary/aromatic N) is 3. The molecule has 2 rings (SSSR count). The molecule has 0 aromatic carbocycles. The lowest BCUT2D eigenvalue weighted by Gasteiger charge is -2.09. The molecule has 4 nitrogen and oxygen atoms in total. The molecule has 0 saturated carbocycles. The summed E-state index contributed by atoms with van der Waals surface area (Å²) in [6.07, 6.45) is 2.06. The van der Waals surface area contributed by atoms with E-state index in [0.717, 1.165) is 10.2 Å². The highest BCUT2D eigenvalue weighted by atomic mass is 79.9. The summed E-state index contributed by atoms with van der Waals surface area (Å²) in [5.74, 6) is 0.853. The lowest BCUT2D eigenvalue weighted by Crippen LogP contribution is -2.20. The van der Waals surface area contributed by atoms with Crippen LogP contribution in [0.25, 0.3) is 0 Å². The van der Waals surface area contributed by atoms with E-state index in [9.17, 15) is 4.79 Å². The zero-order chi connectivity index (χ0) is 11.7. The Morgan fingerprint density at radius 3 is 2.69 bits per heavy atom. The zero-order valence-electron chi connectivity index (χ0n) is 9.14. The number of halogens is 1. The minimum Gasteiger partial charge on any atom is -0.272 e. The van der Waals surface area contributed by atoms with E-state index in [1.165, 1.54) is 5.01 Å². The minimum absolute atomic E-state index is 0.0153. The Bertz CT molecular complexity index is 439. The molecule has 0 fully saturated rings. The van der Waals surface area contributed by atoms with Crippen molar-refractivity contribution in [1.82, 2.24) is 4.98 Å². The lowest BCUT2D eigenvalue weighted by atomic mass is 10.1. The molecule has 1 aliphatic rings. The van der Waals surface area contributed by atoms with Gasteiger partial charge in [-0.05, 0) is 34.0 Å². The molecule has 16 heavy (non-hydrogen) atoms. The second-order valence-corrected chi connectivity index (χ2v) is 4.88. The van der Waals surface area contributed by atoms with Gasteiger partial charge in [0, 0.05) is 10.7 Å². The van der Waals surface area contributed by atoms with E-state index in [0.29, 0.717) is 18.2 Å². The average molecular weight is 282 g/mol. The second-order valence-electron chi connectivity index (χ2n) is 3.96. The number of aromatic nitrogens is 1. The maximum absolute atomic E-state index is 11.7. The van der Waals surface area contributed by atoms with Crippen LogP contribution in [0.15, 0.2) is 27.9 Å². The summed E-state index contributed by atoms with van der Waals surface area (Å²) in [5, 5.41) is 5.67. The molecule has 0 radical (unpaired) electrons. The van der Waals surface area contributed by atoms with Crippen LogP contribution in [-0.2, 0) is 4.79 Å². The number of hydrogen-bond acceptors (Lipinski definition) is 3. The van der Waals surface area contributed by atoms with E-state index >= 15 is 0 Å². The first-order chi connectivity index (χ1) is 7.58. The summed E-state index contributed by atoms with van der Waals surface area (Å²) in [6, 6.07) is 3.62. The fourth-order valence-corrected chi connectivity index (χ4v) is 1.68. The number of anilines is 1. The zero-order valence-corrected chi connectivity index (χ0v) is 10.7. The summed E-state index contributed by atoms with van der Waals surface area (Å²) in [4.78, 5) is 15.9. The Balaban J connectivity index is 2.28. The van der Waals surface area contributed by atoms with Crippen molar-refractivity contribution in [3.05, 3.63) is 22.8 Å². The van der Waals surface area contributed by atoms with Crippen LogP contribution in [0.5, 0.6) is 0 Å². The highest BCUT2D eigenvalue weighted by Gasteiger charge is 2.27. The molecule has 1 aromatic heterocycles. The van der Waals surface area contributed by atoms with Crippen molar-refractivity contribution in [2.24, 2.45) is 11.0 Å². The highest BCUT2D eigenvalue weighted by molar-refractivity contribution is 9.10. The van der Waals surface area contributed by atoms with E-state index < -0.39 is 0 Å². The third-order valence-electron chi connectivity index (χ3n) is 2.39. The summed E-state index contributed by atoms with van der Waals surface area (Å²) in [5.41, 5.74) is 0.912. The smallest absolute Gasteiger partial charge is 0.254 e. The van der Waals surface area contributed by atoms with Crippen LogP contribution in [0, 0.1) is 5.92 Å². The maximum Gasteiger partial charge on any atom is 0.254 e. The Hall–Kier alpha value is -1.23. The van der Waals surface area contributed by atoms with Gasteiger partial charge in [0.2, 0.25) is 0 Å². The Morgan fingerprint density at radius 2 is 2.19 bits per heavy atom. The quantitative estimate of drug-likeness (QED) is 0.837. The van der Waals surface area contributed by atoms with Gasteiger partial charge in [-0.3, -0.25) is 4.79 Å². The first kappa shape index (κ1) is 11.3. The number of rotatable bonds is 2. The van der Waals surface area contributed by atoms with Crippen molar-refractivity contribution >= 4 is 33.4 Å². The molecular weight excluding hydrogens is 270 g/mol. The summed E-state index contributed by atoms with van der Waals surface area (Å²) >= 11 is 3.30. The molecule has 0 unspecified atom stereocenters. The van der Waals surface area contributed by atoms with E-state index in [4.69, 9.17) is 0 Å². The van der Waals surface area contributed by atoms with Gasteiger partial charge in [0.25, 0.3) is 5.91 Å². The Morgan fingerprint density at radius 1 is 1.44 bits per heavy atom. The standard InChI is InChI=1S/C11H12BrN3O/c1-7(2)9-5-11(16)15(14-9)10-4-3-8(12)6-13-10/h3-4,6-7H,5H2,1-2H3. The average Bonchev–Trinajstić information content (AvgIpc) is 2.62. The number of hydrogen-bond donors (Lipinski definition) is 0. The van der Waals surface area contributed by atoms with Gasteiger partial charge in [-0.2, -0.15) is 10.1 Å². The van der Waals surface area contributed by atoms with Gasteiger partial charge in [0.1, 0.15) is 0 Å². The van der Waals surface area contributed by atoms with E-state index in [1.54, 1.807) is 12.3 Å². The van der Waals surface area contributed by atoms with Crippen LogP contribution in [0.3, 0.4) is 0 Å². The van der Waals surface area contributed by atoms with Gasteiger partial charge in [0.15, 0.2) is 5.82 Å². The van der Waals surface area contributed by atoms with Crippen LogP contribution >= 0.6 is 15.9 Å². The fraction of sp³-hybridized carbons (Fsp3) is 0.364. The predicted octanol–water partition coefficient (Wildman–Crippen LogP) is 2.59. The molecule has 1 aromatic rings. The van der Waals surface area contributed by atoms with Crippen LogP contribution in [0.1, 0.15) is 20.3 Å². The Labute approximate surface area is 102 Å². The molecule has 2 heterocycles. The van der Waals surface area contributed by atoms with Gasteiger partial charge in [-0.25, -0.2) is 4.98 Å². The first-order valence-electron chi connectivity index (χ1n) is 5.10. The van der Waals surface area contributed by atoms with Crippen molar-refractivity contribution in [1.29, 1.82) is 0 Å². The third-order valence-corrected chi connectivity index (χ3v) is 2.86. The van der Waals surface area contributed by atoms with E-state index in [-0.39, 0.29) is 5.91 Å². The van der Waals surface area contributed by atoms with Crippen molar-refractivity contribution in [3.63, 3.8) is 0 Å². The van der Waals surface area contributed by atoms with Crippen molar-refractivity contribution < 1.29 is 4.79 Å². The normalized spacial score (nSPS) is 15.9. The number of carbonyl (C=O) groups is 1. The first-order valence-corrected chi connectivity index (χ1v) is 5.89. The molecule has 0 bridgehead atoms. The van der Waals surface area contributed by atoms with E-state index in [2.05, 4.69) is 26.0 Å². The number of amides is 1. The van der Waals surface area contributed by atoms with Crippen molar-refractivity contribution in [3.8, 4) is 0 Å². The third kappa shape index (κ3) is 2.14. The van der Waals surface area contributed by atoms with Crippen LogP contribution < -0.4 is 5.01 Å². The fourth-order valence-electron chi connectivity index (χ4n) is 1.44. The van der Waals surface area contributed by atoms with Crippen LogP contribution in [0.2, 0.25) is 0 Å². The number of hydrazone groups is 1. The van der Waals surface area contributed by atoms with Gasteiger partial charge >= 0.3 is 0 Å². The molecular formula is C11H12BrN3O. The molecule has 0 saturated heterocycles. The largest absolute Gasteiger partial charge is 0.272 e. The molecule has 1 amide bonds. The highest BCUT2D eigenvalue weighted by Crippen LogP contribution is 2.21. The summed E-state index contributed by atoms with van der Waals surface area (Å²) < 4.78 is 0.885. The van der Waals surface area contributed by atoms with Crippen LogP contribution in [-0.4, -0.2) is 16.6 Å². The second kappa shape index (κ2) is 4.33. The van der Waals surface area contributed by atoms with Gasteiger partial charge < -0.3 is 0 Å². The summed E-state index contributed by atoms with van der Waals surface area (Å²) in [6.45, 7) is 4.06. The van der Waals surface area contributed by atoms with Gasteiger partial charge in [-0.15, -0.1) is 0 Å². The SMILES string of the molecule is CC(C)C1=NN(c2ccc(Br)cn2)C(=O)C1. The van der Waals surface area contributed by atoms with E-state index in [1.807, 2.05) is 19.9 Å². The predicted molar refractivity (Wildman–Crippen MR) is 66.3 cm³/mol.